The van der Waals surface area contributed by atoms with E-state index < -0.39 is 15.3 Å². The number of sulfonamides is 1. The molecule has 128 valence electrons. The summed E-state index contributed by atoms with van der Waals surface area (Å²) in [6.45, 7) is 0.926. The number of fused-ring (bicyclic) bond motifs is 2. The van der Waals surface area contributed by atoms with Gasteiger partial charge >= 0.3 is 0 Å². The molecule has 1 N–H and O–H groups in total. The normalized spacial score (nSPS) is 26.1. The third-order valence-corrected chi connectivity index (χ3v) is 6.76. The van der Waals surface area contributed by atoms with Crippen molar-refractivity contribution in [2.45, 2.75) is 49.8 Å². The first-order valence-corrected chi connectivity index (χ1v) is 9.84. The van der Waals surface area contributed by atoms with Gasteiger partial charge in [-0.3, -0.25) is 4.68 Å². The lowest BCUT2D eigenvalue weighted by molar-refractivity contribution is 0.105. The molecule has 0 saturated carbocycles. The van der Waals surface area contributed by atoms with E-state index in [4.69, 9.17) is 4.74 Å². The van der Waals surface area contributed by atoms with Crippen LogP contribution in [0.5, 0.6) is 0 Å². The number of rotatable bonds is 6. The minimum atomic E-state index is -3.37. The van der Waals surface area contributed by atoms with Crippen molar-refractivity contribution >= 4 is 10.0 Å². The van der Waals surface area contributed by atoms with E-state index in [-0.39, 0.29) is 12.2 Å². The Morgan fingerprint density at radius 1 is 1.21 bits per heavy atom. The molecule has 0 aliphatic carbocycles. The second-order valence-corrected chi connectivity index (χ2v) is 8.47. The number of nitrogens with one attached hydrogen (secondary N) is 1. The van der Waals surface area contributed by atoms with Crippen LogP contribution in [0.15, 0.2) is 42.7 Å². The number of aromatic nitrogens is 2. The highest BCUT2D eigenvalue weighted by molar-refractivity contribution is 7.90. The average Bonchev–Trinajstić information content (AvgIpc) is 3.32. The van der Waals surface area contributed by atoms with Crippen LogP contribution in [0.4, 0.5) is 0 Å². The average molecular weight is 347 g/mol. The molecule has 24 heavy (non-hydrogen) atoms. The van der Waals surface area contributed by atoms with Crippen LogP contribution in [0.2, 0.25) is 0 Å². The summed E-state index contributed by atoms with van der Waals surface area (Å²) in [4.78, 5) is 0. The van der Waals surface area contributed by atoms with E-state index in [0.29, 0.717) is 19.5 Å². The number of hydrogen-bond acceptors (Lipinski definition) is 4. The van der Waals surface area contributed by atoms with Gasteiger partial charge in [0.1, 0.15) is 5.25 Å². The molecular weight excluding hydrogens is 326 g/mol. The summed E-state index contributed by atoms with van der Waals surface area (Å²) in [6, 6.07) is 9.72. The minimum absolute atomic E-state index is 0.128. The third kappa shape index (κ3) is 3.11. The molecule has 6 nitrogen and oxygen atoms in total. The van der Waals surface area contributed by atoms with E-state index in [1.807, 2.05) is 41.2 Å². The molecule has 2 aliphatic heterocycles. The fourth-order valence-corrected chi connectivity index (χ4v) is 5.29. The molecule has 0 amide bonds. The van der Waals surface area contributed by atoms with Gasteiger partial charge in [0.25, 0.3) is 0 Å². The summed E-state index contributed by atoms with van der Waals surface area (Å²) in [7, 11) is -3.37. The van der Waals surface area contributed by atoms with Gasteiger partial charge in [-0.1, -0.05) is 24.3 Å². The standard InChI is InChI=1S/C17H21N3O3S/c21-24(22,17-10-15-6-7-16(17)23-15)19-11-13-4-1-2-5-14(13)12-20-9-3-8-18-20/h1-5,8-9,15-17,19H,6-7,10-12H2. The maximum absolute atomic E-state index is 12.6. The molecule has 0 spiro atoms. The van der Waals surface area contributed by atoms with Crippen LogP contribution in [-0.4, -0.2) is 35.7 Å². The van der Waals surface area contributed by atoms with Gasteiger partial charge in [-0.25, -0.2) is 13.1 Å². The van der Waals surface area contributed by atoms with Crippen LogP contribution in [0.1, 0.15) is 30.4 Å². The van der Waals surface area contributed by atoms with Crippen molar-refractivity contribution < 1.29 is 13.2 Å². The molecule has 2 bridgehead atoms. The largest absolute Gasteiger partial charge is 0.374 e. The highest BCUT2D eigenvalue weighted by atomic mass is 32.2. The highest BCUT2D eigenvalue weighted by Crippen LogP contribution is 2.37. The molecule has 3 heterocycles. The summed E-state index contributed by atoms with van der Waals surface area (Å²) in [5.74, 6) is 0. The smallest absolute Gasteiger partial charge is 0.217 e. The summed E-state index contributed by atoms with van der Waals surface area (Å²) in [6.07, 6.45) is 6.09. The van der Waals surface area contributed by atoms with Gasteiger partial charge in [-0.2, -0.15) is 5.10 Å². The maximum atomic E-state index is 12.6. The molecule has 1 aromatic carbocycles. The van der Waals surface area contributed by atoms with Crippen LogP contribution in [0.3, 0.4) is 0 Å². The molecule has 1 aromatic heterocycles. The summed E-state index contributed by atoms with van der Waals surface area (Å²) < 4.78 is 35.5. The van der Waals surface area contributed by atoms with Crippen molar-refractivity contribution in [3.8, 4) is 0 Å². The van der Waals surface area contributed by atoms with Gasteiger partial charge in [0.2, 0.25) is 10.0 Å². The molecule has 2 saturated heterocycles. The van der Waals surface area contributed by atoms with E-state index in [9.17, 15) is 8.42 Å². The molecule has 7 heteroatoms. The quantitative estimate of drug-likeness (QED) is 0.863. The zero-order valence-corrected chi connectivity index (χ0v) is 14.2. The Balaban J connectivity index is 1.46. The maximum Gasteiger partial charge on any atom is 0.217 e. The highest BCUT2D eigenvalue weighted by Gasteiger charge is 2.47. The van der Waals surface area contributed by atoms with E-state index in [0.717, 1.165) is 24.0 Å². The van der Waals surface area contributed by atoms with Crippen LogP contribution in [-0.2, 0) is 27.8 Å². The van der Waals surface area contributed by atoms with Gasteiger partial charge in [-0.05, 0) is 36.5 Å². The van der Waals surface area contributed by atoms with Crippen LogP contribution in [0, 0.1) is 0 Å². The fraction of sp³-hybridized carbons (Fsp3) is 0.471. The van der Waals surface area contributed by atoms with Crippen molar-refractivity contribution in [2.75, 3.05) is 0 Å². The van der Waals surface area contributed by atoms with Crippen molar-refractivity contribution in [1.82, 2.24) is 14.5 Å². The number of nitrogens with zero attached hydrogens (tertiary/aromatic N) is 2. The minimum Gasteiger partial charge on any atom is -0.374 e. The van der Waals surface area contributed by atoms with Crippen molar-refractivity contribution in [2.24, 2.45) is 0 Å². The second kappa shape index (κ2) is 6.31. The Morgan fingerprint density at radius 2 is 2.04 bits per heavy atom. The molecule has 2 fully saturated rings. The first kappa shape index (κ1) is 15.8. The van der Waals surface area contributed by atoms with Gasteiger partial charge in [0.05, 0.1) is 18.8 Å². The van der Waals surface area contributed by atoms with Gasteiger partial charge < -0.3 is 4.74 Å². The van der Waals surface area contributed by atoms with E-state index in [1.54, 1.807) is 6.20 Å². The summed E-state index contributed by atoms with van der Waals surface area (Å²) in [5, 5.41) is 3.80. The van der Waals surface area contributed by atoms with Crippen molar-refractivity contribution in [1.29, 1.82) is 0 Å². The third-order valence-electron chi connectivity index (χ3n) is 4.92. The lowest BCUT2D eigenvalue weighted by Gasteiger charge is -2.20. The second-order valence-electron chi connectivity index (χ2n) is 6.49. The SMILES string of the molecule is O=S(=O)(NCc1ccccc1Cn1cccn1)C1CC2CCC1O2. The predicted molar refractivity (Wildman–Crippen MR) is 89.8 cm³/mol. The van der Waals surface area contributed by atoms with E-state index >= 15 is 0 Å². The zero-order valence-electron chi connectivity index (χ0n) is 13.3. The van der Waals surface area contributed by atoms with Crippen molar-refractivity contribution in [3.63, 3.8) is 0 Å². The van der Waals surface area contributed by atoms with Crippen LogP contribution < -0.4 is 4.72 Å². The fourth-order valence-electron chi connectivity index (χ4n) is 3.66. The number of benzene rings is 1. The monoisotopic (exact) mass is 347 g/mol. The molecule has 0 radical (unpaired) electrons. The Kier molecular flexibility index (Phi) is 4.15. The predicted octanol–water partition coefficient (Wildman–Crippen LogP) is 1.67. The Labute approximate surface area is 141 Å². The Hall–Kier alpha value is -1.70. The van der Waals surface area contributed by atoms with Crippen LogP contribution >= 0.6 is 0 Å². The Bertz CT molecular complexity index is 804. The molecular formula is C17H21N3O3S. The molecule has 3 unspecified atom stereocenters. The zero-order chi connectivity index (χ0) is 16.6. The molecule has 2 aliphatic rings. The first-order valence-electron chi connectivity index (χ1n) is 8.30. The lowest BCUT2D eigenvalue weighted by Crippen LogP contribution is -2.39. The van der Waals surface area contributed by atoms with Gasteiger partial charge in [0, 0.05) is 18.9 Å². The topological polar surface area (TPSA) is 73.2 Å². The van der Waals surface area contributed by atoms with E-state index in [2.05, 4.69) is 9.82 Å². The van der Waals surface area contributed by atoms with Crippen LogP contribution in [0.25, 0.3) is 0 Å². The van der Waals surface area contributed by atoms with Gasteiger partial charge in [0.15, 0.2) is 0 Å². The molecule has 4 rings (SSSR count). The van der Waals surface area contributed by atoms with Crippen molar-refractivity contribution in [3.05, 3.63) is 53.9 Å². The number of hydrogen-bond donors (Lipinski definition) is 1. The Morgan fingerprint density at radius 3 is 2.71 bits per heavy atom. The molecule has 3 atom stereocenters. The number of ether oxygens (including phenoxy) is 1. The summed E-state index contributed by atoms with van der Waals surface area (Å²) in [5.41, 5.74) is 2.04. The van der Waals surface area contributed by atoms with E-state index in [1.165, 1.54) is 0 Å². The van der Waals surface area contributed by atoms with Gasteiger partial charge in [-0.15, -0.1) is 0 Å². The first-order chi connectivity index (χ1) is 11.6. The lowest BCUT2D eigenvalue weighted by atomic mass is 10.0. The summed E-state index contributed by atoms with van der Waals surface area (Å²) >= 11 is 0. The molecule has 2 aromatic rings.